The maximum absolute atomic E-state index is 4.24. The molecule has 3 heteroatoms. The highest BCUT2D eigenvalue weighted by Gasteiger charge is 1.98. The summed E-state index contributed by atoms with van der Waals surface area (Å²) in [6, 6.07) is 8.45. The van der Waals surface area contributed by atoms with Crippen molar-refractivity contribution in [3.8, 4) is 0 Å². The number of thiol groups is 1. The molecule has 0 heterocycles. The van der Waals surface area contributed by atoms with E-state index in [2.05, 4.69) is 49.8 Å². The molecule has 0 saturated carbocycles. The lowest BCUT2D eigenvalue weighted by molar-refractivity contribution is 1.47. The van der Waals surface area contributed by atoms with Gasteiger partial charge >= 0.3 is 18.2 Å². The van der Waals surface area contributed by atoms with Gasteiger partial charge in [0.15, 0.2) is 0 Å². The van der Waals surface area contributed by atoms with E-state index < -0.39 is 0 Å². The van der Waals surface area contributed by atoms with Crippen molar-refractivity contribution < 1.29 is 0 Å². The summed E-state index contributed by atoms with van der Waals surface area (Å²) >= 11 is 7.60. The summed E-state index contributed by atoms with van der Waals surface area (Å²) in [6.45, 7) is 0. The van der Waals surface area contributed by atoms with Gasteiger partial charge in [-0.3, -0.25) is 12.9 Å². The van der Waals surface area contributed by atoms with Crippen LogP contribution in [0, 0.1) is 0 Å². The van der Waals surface area contributed by atoms with Crippen molar-refractivity contribution in [2.45, 2.75) is 5.75 Å². The molecule has 0 spiro atoms. The van der Waals surface area contributed by atoms with E-state index in [4.69, 9.17) is 0 Å². The van der Waals surface area contributed by atoms with Gasteiger partial charge in [0, 0.05) is 5.75 Å². The Kier molecular flexibility index (Phi) is 4.14. The highest BCUT2D eigenvalue weighted by atomic mass is 79.9. The third-order valence-corrected chi connectivity index (χ3v) is 4.56. The summed E-state index contributed by atoms with van der Waals surface area (Å²) < 4.78 is 1.47. The van der Waals surface area contributed by atoms with Crippen LogP contribution < -0.4 is 3.69 Å². The van der Waals surface area contributed by atoms with E-state index >= 15 is 0 Å². The van der Waals surface area contributed by atoms with Gasteiger partial charge in [-0.1, -0.05) is 29.8 Å². The third-order valence-electron chi connectivity index (χ3n) is 1.43. The van der Waals surface area contributed by atoms with Gasteiger partial charge in [0.1, 0.15) is 0 Å². The van der Waals surface area contributed by atoms with Crippen LogP contribution in [0.4, 0.5) is 0 Å². The van der Waals surface area contributed by atoms with E-state index in [9.17, 15) is 0 Å². The second-order valence-corrected chi connectivity index (χ2v) is 5.09. The third kappa shape index (κ3) is 2.15. The smallest absolute Gasteiger partial charge is 0.296 e. The Hall–Kier alpha value is 0.816. The number of hydrogen-bond donors (Lipinski definition) is 1. The van der Waals surface area contributed by atoms with E-state index in [1.807, 2.05) is 0 Å². The van der Waals surface area contributed by atoms with Gasteiger partial charge in [0.25, 0.3) is 0 Å². The lowest BCUT2D eigenvalue weighted by Gasteiger charge is -2.01. The second kappa shape index (κ2) is 4.65. The van der Waals surface area contributed by atoms with Gasteiger partial charge in [-0.25, -0.2) is 0 Å². The zero-order valence-electron chi connectivity index (χ0n) is 5.55. The van der Waals surface area contributed by atoms with Crippen molar-refractivity contribution in [3.05, 3.63) is 29.8 Å². The fourth-order valence-electron chi connectivity index (χ4n) is 0.842. The molecule has 10 heavy (non-hydrogen) atoms. The molecule has 0 aromatic heterocycles. The highest BCUT2D eigenvalue weighted by molar-refractivity contribution is 9.23. The van der Waals surface area contributed by atoms with Gasteiger partial charge in [0.2, 0.25) is 0 Å². The molecule has 0 amide bonds. The Morgan fingerprint density at radius 2 is 2.10 bits per heavy atom. The van der Waals surface area contributed by atoms with Gasteiger partial charge in [0.05, 0.1) is 0 Å². The predicted octanol–water partition coefficient (Wildman–Crippen LogP) is 1.76. The lowest BCUT2D eigenvalue weighted by Crippen LogP contribution is -2.12. The molecule has 0 aliphatic carbocycles. The minimum Gasteiger partial charge on any atom is -0.296 e. The van der Waals surface area contributed by atoms with Crippen molar-refractivity contribution in [1.82, 2.24) is 0 Å². The van der Waals surface area contributed by atoms with Crippen LogP contribution in [-0.2, 0) is 5.75 Å². The van der Waals surface area contributed by atoms with Crippen LogP contribution >= 0.6 is 25.5 Å². The number of benzene rings is 1. The summed E-state index contributed by atoms with van der Waals surface area (Å²) in [5.41, 5.74) is 1.37. The minimum absolute atomic E-state index is 0.185. The van der Waals surface area contributed by atoms with Gasteiger partial charge in [-0.2, -0.15) is 12.6 Å². The van der Waals surface area contributed by atoms with Crippen LogP contribution in [0.2, 0.25) is 0 Å². The highest BCUT2D eigenvalue weighted by Crippen LogP contribution is 1.99. The fraction of sp³-hybridized carbons (Fsp3) is 0.143. The van der Waals surface area contributed by atoms with Gasteiger partial charge in [-0.05, 0) is 0 Å². The topological polar surface area (TPSA) is 0 Å². The van der Waals surface area contributed by atoms with Gasteiger partial charge in [-0.15, -0.1) is 3.69 Å². The molecule has 0 bridgehead atoms. The fourth-order valence-corrected chi connectivity index (χ4v) is 3.64. The lowest BCUT2D eigenvalue weighted by atomic mass is 10.2. The SMILES string of the molecule is SCc1cccc[c]1[Mg][Br]. The summed E-state index contributed by atoms with van der Waals surface area (Å²) in [5, 5.41) is 0. The Morgan fingerprint density at radius 1 is 1.40 bits per heavy atom. The van der Waals surface area contributed by atoms with Crippen LogP contribution in [0.15, 0.2) is 24.3 Å². The normalized spacial score (nSPS) is 9.00. The Morgan fingerprint density at radius 3 is 2.60 bits per heavy atom. The summed E-state index contributed by atoms with van der Waals surface area (Å²) in [4.78, 5) is 0. The van der Waals surface area contributed by atoms with Crippen LogP contribution in [0.3, 0.4) is 0 Å². The monoisotopic (exact) mass is 226 g/mol. The van der Waals surface area contributed by atoms with Gasteiger partial charge < -0.3 is 0 Å². The van der Waals surface area contributed by atoms with E-state index in [-0.39, 0.29) is 18.2 Å². The van der Waals surface area contributed by atoms with Crippen LogP contribution in [0.25, 0.3) is 0 Å². The van der Waals surface area contributed by atoms with E-state index in [1.54, 1.807) is 0 Å². The zero-order chi connectivity index (χ0) is 7.40. The maximum atomic E-state index is 4.24. The molecular weight excluding hydrogens is 220 g/mol. The van der Waals surface area contributed by atoms with Crippen molar-refractivity contribution in [3.63, 3.8) is 0 Å². The average Bonchev–Trinajstić information content (AvgIpc) is 2.04. The summed E-state index contributed by atoms with van der Waals surface area (Å²) in [5.74, 6) is 0.856. The first kappa shape index (κ1) is 8.91. The first-order valence-corrected chi connectivity index (χ1v) is 8.36. The molecule has 0 aliphatic heterocycles. The number of hydrogen-bond acceptors (Lipinski definition) is 1. The molecule has 1 rings (SSSR count). The zero-order valence-corrected chi connectivity index (χ0v) is 9.44. The molecule has 0 atom stereocenters. The largest absolute Gasteiger partial charge is 0.507 e. The molecule has 0 saturated heterocycles. The number of rotatable bonds is 2. The molecule has 0 N–H and O–H groups in total. The van der Waals surface area contributed by atoms with Crippen LogP contribution in [0.5, 0.6) is 0 Å². The molecule has 0 nitrogen and oxygen atoms in total. The Labute approximate surface area is 82.4 Å². The van der Waals surface area contributed by atoms with Crippen molar-refractivity contribution >= 4 is 47.4 Å². The maximum Gasteiger partial charge on any atom is 0.507 e. The first-order valence-electron chi connectivity index (χ1n) is 3.12. The summed E-state index contributed by atoms with van der Waals surface area (Å²) in [7, 11) is 0. The van der Waals surface area contributed by atoms with Crippen molar-refractivity contribution in [1.29, 1.82) is 0 Å². The van der Waals surface area contributed by atoms with Crippen LogP contribution in [-0.4, -0.2) is 18.2 Å². The van der Waals surface area contributed by atoms with Crippen molar-refractivity contribution in [2.75, 3.05) is 0 Å². The molecule has 0 aliphatic rings. The standard InChI is InChI=1S/C7H7S.BrH.Mg/c8-6-7-4-2-1-3-5-7;;/h1-4,8H,6H2;1H;/q;;+1/p-1. The molecule has 1 aromatic carbocycles. The van der Waals surface area contributed by atoms with E-state index in [0.29, 0.717) is 0 Å². The summed E-state index contributed by atoms with van der Waals surface area (Å²) in [6.07, 6.45) is 0. The molecular formula is C7H7BrMgS. The molecule has 1 aromatic rings. The average molecular weight is 227 g/mol. The Bertz CT molecular complexity index is 192. The first-order chi connectivity index (χ1) is 4.88. The van der Waals surface area contributed by atoms with Crippen LogP contribution in [0.1, 0.15) is 5.56 Å². The molecule has 0 unspecified atom stereocenters. The molecule has 0 radical (unpaired) electrons. The molecule has 0 fully saturated rings. The number of halogens is 1. The van der Waals surface area contributed by atoms with E-state index in [0.717, 1.165) is 5.75 Å². The van der Waals surface area contributed by atoms with E-state index in [1.165, 1.54) is 9.26 Å². The predicted molar refractivity (Wildman–Crippen MR) is 53.4 cm³/mol. The quantitative estimate of drug-likeness (QED) is 0.578. The Balaban J connectivity index is 2.96. The molecule has 50 valence electrons. The second-order valence-electron chi connectivity index (χ2n) is 2.06. The van der Waals surface area contributed by atoms with Crippen molar-refractivity contribution in [2.24, 2.45) is 0 Å². The minimum atomic E-state index is -0.185.